The van der Waals surface area contributed by atoms with Crippen LogP contribution in [0.1, 0.15) is 0 Å². The van der Waals surface area contributed by atoms with E-state index in [9.17, 15) is 13.2 Å². The third kappa shape index (κ3) is 5.25. The molecule has 0 radical (unpaired) electrons. The predicted octanol–water partition coefficient (Wildman–Crippen LogP) is 4.48. The first-order valence-corrected chi connectivity index (χ1v) is 13.2. The van der Waals surface area contributed by atoms with Crippen molar-refractivity contribution in [3.63, 3.8) is 0 Å². The average molecular weight is 571 g/mol. The van der Waals surface area contributed by atoms with Gasteiger partial charge in [-0.3, -0.25) is 4.52 Å². The first-order valence-electron chi connectivity index (χ1n) is 11.0. The monoisotopic (exact) mass is 570 g/mol. The number of hydrogen-bond acceptors (Lipinski definition) is 7. The fourth-order valence-electron chi connectivity index (χ4n) is 3.59. The van der Waals surface area contributed by atoms with Gasteiger partial charge in [-0.25, -0.2) is 19.5 Å². The summed E-state index contributed by atoms with van der Waals surface area (Å²) in [5.74, 6) is 0.388. The molecule has 5 rings (SSSR count). The Morgan fingerprint density at radius 2 is 1.39 bits per heavy atom. The zero-order valence-electron chi connectivity index (χ0n) is 19.6. The number of hydrogen-bond donors (Lipinski definition) is 2. The zero-order valence-corrected chi connectivity index (χ0v) is 21.9. The van der Waals surface area contributed by atoms with Gasteiger partial charge in [0.15, 0.2) is 0 Å². The highest BCUT2D eigenvalue weighted by Gasteiger charge is 2.37. The summed E-state index contributed by atoms with van der Waals surface area (Å²) in [5, 5.41) is 2.56. The van der Waals surface area contributed by atoms with Gasteiger partial charge in [0.1, 0.15) is 5.75 Å². The Hall–Kier alpha value is -4.19. The van der Waals surface area contributed by atoms with Gasteiger partial charge in [0.05, 0.1) is 18.5 Å². The molecular weight excluding hydrogens is 553 g/mol. The SMILES string of the molecule is COc1ccc(-c2cc(-c3ccc(Cl)cc3)nc(NS(=O)(=O)c3c(=O)o[nH][n+]3-c3ccc(Cl)cc3)n2)cc1. The van der Waals surface area contributed by atoms with Crippen LogP contribution in [-0.4, -0.2) is 30.8 Å². The van der Waals surface area contributed by atoms with E-state index in [1.165, 1.54) is 12.1 Å². The van der Waals surface area contributed by atoms with Gasteiger partial charge in [0, 0.05) is 33.3 Å². The van der Waals surface area contributed by atoms with E-state index in [4.69, 9.17) is 32.5 Å². The van der Waals surface area contributed by atoms with Crippen molar-refractivity contribution in [3.05, 3.63) is 99.3 Å². The van der Waals surface area contributed by atoms with Gasteiger partial charge in [0.25, 0.3) is 0 Å². The summed E-state index contributed by atoms with van der Waals surface area (Å²) >= 11 is 12.0. The van der Waals surface area contributed by atoms with Crippen LogP contribution >= 0.6 is 23.2 Å². The number of halogens is 2. The van der Waals surface area contributed by atoms with Crippen molar-refractivity contribution < 1.29 is 22.4 Å². The van der Waals surface area contributed by atoms with Crippen LogP contribution in [-0.2, 0) is 10.0 Å². The minimum absolute atomic E-state index is 0.258. The van der Waals surface area contributed by atoms with Gasteiger partial charge in [-0.2, -0.15) is 8.42 Å². The first-order chi connectivity index (χ1) is 18.2. The highest BCUT2D eigenvalue weighted by atomic mass is 35.5. The smallest absolute Gasteiger partial charge is 0.449 e. The summed E-state index contributed by atoms with van der Waals surface area (Å²) in [7, 11) is -2.97. The number of sulfonamides is 1. The number of aromatic nitrogens is 4. The Morgan fingerprint density at radius 3 is 1.95 bits per heavy atom. The lowest BCUT2D eigenvalue weighted by atomic mass is 10.1. The molecule has 192 valence electrons. The highest BCUT2D eigenvalue weighted by molar-refractivity contribution is 7.92. The van der Waals surface area contributed by atoms with Crippen molar-refractivity contribution in [2.45, 2.75) is 5.03 Å². The van der Waals surface area contributed by atoms with E-state index in [-0.39, 0.29) is 5.95 Å². The fourth-order valence-corrected chi connectivity index (χ4v) is 4.92. The van der Waals surface area contributed by atoms with Crippen LogP contribution in [0.15, 0.2) is 93.2 Å². The van der Waals surface area contributed by atoms with Crippen molar-refractivity contribution in [1.82, 2.24) is 15.2 Å². The van der Waals surface area contributed by atoms with Crippen LogP contribution in [0, 0.1) is 0 Å². The number of aromatic amines is 1. The normalized spacial score (nSPS) is 11.3. The molecule has 38 heavy (non-hydrogen) atoms. The summed E-state index contributed by atoms with van der Waals surface area (Å²) < 4.78 is 40.1. The minimum atomic E-state index is -4.53. The molecule has 3 aromatic carbocycles. The third-order valence-corrected chi connectivity index (χ3v) is 7.24. The largest absolute Gasteiger partial charge is 0.497 e. The van der Waals surface area contributed by atoms with E-state index in [0.717, 1.165) is 4.68 Å². The van der Waals surface area contributed by atoms with Crippen LogP contribution < -0.4 is 19.8 Å². The predicted molar refractivity (Wildman–Crippen MR) is 141 cm³/mol. The van der Waals surface area contributed by atoms with E-state index in [1.807, 2.05) is 0 Å². The number of benzene rings is 3. The molecule has 0 saturated heterocycles. The Kier molecular flexibility index (Phi) is 6.89. The molecule has 0 saturated carbocycles. The standard InChI is InChI=1S/C25H17Cl2N5O5S/c1-36-20-12-4-16(5-13-20)22-14-21(15-2-6-17(26)7-3-15)28-25(29-22)30-38(34,35)23-24(33)37-31-32(23)19-10-8-18(27)9-11-19/h2-14H,1H3,(H-,28,29,30,31,33)/p+1. The summed E-state index contributed by atoms with van der Waals surface area (Å²) in [6.45, 7) is 0. The summed E-state index contributed by atoms with van der Waals surface area (Å²) in [6.07, 6.45) is 0. The lowest BCUT2D eigenvalue weighted by molar-refractivity contribution is -0.705. The summed E-state index contributed by atoms with van der Waals surface area (Å²) in [5.41, 5.74) is 1.39. The Balaban J connectivity index is 1.60. The molecule has 5 aromatic rings. The Bertz CT molecular complexity index is 1770. The lowest BCUT2D eigenvalue weighted by Gasteiger charge is -2.10. The molecule has 2 heterocycles. The van der Waals surface area contributed by atoms with Crippen LogP contribution in [0.25, 0.3) is 28.2 Å². The second kappa shape index (κ2) is 10.3. The number of nitrogens with one attached hydrogen (secondary N) is 2. The Labute approximate surface area is 226 Å². The van der Waals surface area contributed by atoms with Crippen LogP contribution in [0.4, 0.5) is 5.95 Å². The van der Waals surface area contributed by atoms with Crippen LogP contribution in [0.3, 0.4) is 0 Å². The van der Waals surface area contributed by atoms with E-state index in [1.54, 1.807) is 73.8 Å². The number of rotatable bonds is 7. The van der Waals surface area contributed by atoms with Gasteiger partial charge in [-0.1, -0.05) is 35.3 Å². The number of H-pyrrole nitrogens is 1. The molecule has 0 fully saturated rings. The summed E-state index contributed by atoms with van der Waals surface area (Å²) in [6, 6.07) is 21.8. The maximum Gasteiger partial charge on any atom is 0.449 e. The number of methoxy groups -OCH3 is 1. The maximum absolute atomic E-state index is 13.4. The zero-order chi connectivity index (χ0) is 26.9. The minimum Gasteiger partial charge on any atom is -0.497 e. The first kappa shape index (κ1) is 25.5. The quantitative estimate of drug-likeness (QED) is 0.276. The third-order valence-electron chi connectivity index (χ3n) is 5.42. The molecule has 0 unspecified atom stereocenters. The van der Waals surface area contributed by atoms with Gasteiger partial charge < -0.3 is 4.74 Å². The topological polar surface area (TPSA) is 131 Å². The van der Waals surface area contributed by atoms with Crippen LogP contribution in [0.2, 0.25) is 10.0 Å². The van der Waals surface area contributed by atoms with Crippen molar-refractivity contribution in [2.24, 2.45) is 0 Å². The molecule has 0 amide bonds. The van der Waals surface area contributed by atoms with Crippen LogP contribution in [0.5, 0.6) is 5.75 Å². The van der Waals surface area contributed by atoms with E-state index in [2.05, 4.69) is 20.0 Å². The molecule has 2 N–H and O–H groups in total. The lowest BCUT2D eigenvalue weighted by Crippen LogP contribution is -2.42. The number of nitrogens with zero attached hydrogens (tertiary/aromatic N) is 3. The molecule has 10 nitrogen and oxygen atoms in total. The molecule has 0 aliphatic carbocycles. The fraction of sp³-hybridized carbons (Fsp3) is 0.0400. The maximum atomic E-state index is 13.4. The molecule has 0 aliphatic heterocycles. The van der Waals surface area contributed by atoms with Crippen molar-refractivity contribution in [2.75, 3.05) is 11.8 Å². The van der Waals surface area contributed by atoms with Gasteiger partial charge in [-0.15, -0.1) is 0 Å². The van der Waals surface area contributed by atoms with Crippen molar-refractivity contribution in [3.8, 4) is 34.0 Å². The number of ether oxygens (including phenoxy) is 1. The molecular formula is C25H18Cl2N5O5S+. The molecule has 0 bridgehead atoms. The van der Waals surface area contributed by atoms with Gasteiger partial charge >= 0.3 is 20.7 Å². The molecule has 13 heteroatoms. The van der Waals surface area contributed by atoms with E-state index < -0.39 is 20.7 Å². The van der Waals surface area contributed by atoms with E-state index in [0.29, 0.717) is 44.0 Å². The van der Waals surface area contributed by atoms with Gasteiger partial charge in [0.2, 0.25) is 11.6 Å². The molecule has 0 spiro atoms. The van der Waals surface area contributed by atoms with Gasteiger partial charge in [-0.05, 0) is 64.6 Å². The Morgan fingerprint density at radius 1 is 0.868 bits per heavy atom. The van der Waals surface area contributed by atoms with Crippen molar-refractivity contribution in [1.29, 1.82) is 0 Å². The average Bonchev–Trinajstić information content (AvgIpc) is 3.31. The molecule has 0 atom stereocenters. The highest BCUT2D eigenvalue weighted by Crippen LogP contribution is 2.28. The number of anilines is 1. The second-order valence-corrected chi connectivity index (χ2v) is 10.4. The molecule has 0 aliphatic rings. The summed E-state index contributed by atoms with van der Waals surface area (Å²) in [4.78, 5) is 21.3. The van der Waals surface area contributed by atoms with Crippen molar-refractivity contribution >= 4 is 39.2 Å². The second-order valence-electron chi connectivity index (χ2n) is 7.90. The molecule has 2 aromatic heterocycles. The van der Waals surface area contributed by atoms with E-state index >= 15 is 0 Å².